The maximum absolute atomic E-state index is 5.72. The highest BCUT2D eigenvalue weighted by Crippen LogP contribution is 2.28. The molecule has 0 unspecified atom stereocenters. The summed E-state index contributed by atoms with van der Waals surface area (Å²) in [5.41, 5.74) is 3.75. The molecule has 0 bridgehead atoms. The summed E-state index contributed by atoms with van der Waals surface area (Å²) in [6, 6.07) is 12.0. The Bertz CT molecular complexity index is 652. The number of hydrogen-bond donors (Lipinski definition) is 0. The largest absolute Gasteiger partial charge is 0.456 e. The molecule has 0 atom stereocenters. The Morgan fingerprint density at radius 1 is 0.933 bits per heavy atom. The van der Waals surface area contributed by atoms with Crippen molar-refractivity contribution in [2.24, 2.45) is 0 Å². The smallest absolute Gasteiger partial charge is 0.135 e. The van der Waals surface area contributed by atoms with Crippen molar-refractivity contribution in [3.63, 3.8) is 0 Å². The molecule has 1 aromatic heterocycles. The van der Waals surface area contributed by atoms with Crippen LogP contribution in [-0.2, 0) is 0 Å². The normalized spacial score (nSPS) is 11.3. The van der Waals surface area contributed by atoms with Gasteiger partial charge >= 0.3 is 0 Å². The van der Waals surface area contributed by atoms with E-state index in [2.05, 4.69) is 13.0 Å². The number of fused-ring (bicyclic) bond motifs is 3. The standard InChI is InChI=1S/C13H9BO/c1-8-2-5-12-11(6-8)10-4-3-9(14)7-13(10)15-12/h2-7H,1H3. The average molecular weight is 192 g/mol. The quantitative estimate of drug-likeness (QED) is 0.499. The predicted octanol–water partition coefficient (Wildman–Crippen LogP) is 2.69. The monoisotopic (exact) mass is 192 g/mol. The van der Waals surface area contributed by atoms with Crippen LogP contribution in [-0.4, -0.2) is 7.85 Å². The molecule has 0 aliphatic rings. The lowest BCUT2D eigenvalue weighted by molar-refractivity contribution is 0.669. The Morgan fingerprint density at radius 2 is 1.80 bits per heavy atom. The van der Waals surface area contributed by atoms with Gasteiger partial charge in [0.15, 0.2) is 0 Å². The van der Waals surface area contributed by atoms with E-state index in [0.717, 1.165) is 27.4 Å². The number of benzene rings is 2. The van der Waals surface area contributed by atoms with Gasteiger partial charge in [0.1, 0.15) is 19.0 Å². The van der Waals surface area contributed by atoms with Crippen LogP contribution >= 0.6 is 0 Å². The molecule has 0 saturated heterocycles. The summed E-state index contributed by atoms with van der Waals surface area (Å²) < 4.78 is 5.71. The Hall–Kier alpha value is -1.70. The van der Waals surface area contributed by atoms with E-state index in [1.54, 1.807) is 0 Å². The van der Waals surface area contributed by atoms with Crippen molar-refractivity contribution in [3.05, 3.63) is 42.0 Å². The van der Waals surface area contributed by atoms with Crippen LogP contribution in [0.3, 0.4) is 0 Å². The van der Waals surface area contributed by atoms with E-state index in [1.165, 1.54) is 5.56 Å². The fraction of sp³-hybridized carbons (Fsp3) is 0.0769. The van der Waals surface area contributed by atoms with Gasteiger partial charge in [-0.05, 0) is 25.1 Å². The van der Waals surface area contributed by atoms with E-state index in [1.807, 2.05) is 30.3 Å². The van der Waals surface area contributed by atoms with E-state index in [4.69, 9.17) is 12.3 Å². The SMILES string of the molecule is [B]c1ccc2c(c1)oc1ccc(C)cc12. The number of furan rings is 1. The van der Waals surface area contributed by atoms with E-state index in [9.17, 15) is 0 Å². The molecule has 2 radical (unpaired) electrons. The zero-order valence-electron chi connectivity index (χ0n) is 8.45. The van der Waals surface area contributed by atoms with Gasteiger partial charge in [0.05, 0.1) is 0 Å². The summed E-state index contributed by atoms with van der Waals surface area (Å²) in [7, 11) is 5.72. The summed E-state index contributed by atoms with van der Waals surface area (Å²) in [6.07, 6.45) is 0. The first-order chi connectivity index (χ1) is 7.24. The molecule has 2 heteroatoms. The zero-order valence-corrected chi connectivity index (χ0v) is 8.45. The fourth-order valence-corrected chi connectivity index (χ4v) is 1.91. The highest BCUT2D eigenvalue weighted by atomic mass is 16.3. The minimum atomic E-state index is 0.735. The van der Waals surface area contributed by atoms with Gasteiger partial charge in [-0.2, -0.15) is 0 Å². The molecule has 70 valence electrons. The van der Waals surface area contributed by atoms with Crippen LogP contribution in [0, 0.1) is 6.92 Å². The van der Waals surface area contributed by atoms with E-state index in [-0.39, 0.29) is 0 Å². The third-order valence-electron chi connectivity index (χ3n) is 2.65. The van der Waals surface area contributed by atoms with Crippen LogP contribution in [0.2, 0.25) is 0 Å². The summed E-state index contributed by atoms with van der Waals surface area (Å²) in [5, 5.41) is 2.29. The van der Waals surface area contributed by atoms with Gasteiger partial charge in [-0.15, -0.1) is 0 Å². The van der Waals surface area contributed by atoms with Gasteiger partial charge in [0.2, 0.25) is 0 Å². The summed E-state index contributed by atoms with van der Waals surface area (Å²) in [4.78, 5) is 0. The number of hydrogen-bond acceptors (Lipinski definition) is 1. The third-order valence-corrected chi connectivity index (χ3v) is 2.65. The Kier molecular flexibility index (Phi) is 1.66. The predicted molar refractivity (Wildman–Crippen MR) is 63.8 cm³/mol. The Labute approximate surface area is 89.1 Å². The highest BCUT2D eigenvalue weighted by molar-refractivity contribution is 6.33. The molecule has 3 rings (SSSR count). The van der Waals surface area contributed by atoms with Crippen molar-refractivity contribution in [1.82, 2.24) is 0 Å². The van der Waals surface area contributed by atoms with Crippen LogP contribution in [0.4, 0.5) is 0 Å². The van der Waals surface area contributed by atoms with E-state index >= 15 is 0 Å². The molecule has 15 heavy (non-hydrogen) atoms. The molecule has 0 aliphatic heterocycles. The lowest BCUT2D eigenvalue weighted by Gasteiger charge is -1.92. The maximum Gasteiger partial charge on any atom is 0.135 e. The van der Waals surface area contributed by atoms with Gasteiger partial charge in [-0.25, -0.2) is 0 Å². The summed E-state index contributed by atoms with van der Waals surface area (Å²) in [6.45, 7) is 2.08. The van der Waals surface area contributed by atoms with Crippen LogP contribution < -0.4 is 5.46 Å². The number of rotatable bonds is 0. The van der Waals surface area contributed by atoms with E-state index < -0.39 is 0 Å². The third kappa shape index (κ3) is 1.25. The molecule has 0 N–H and O–H groups in total. The van der Waals surface area contributed by atoms with Gasteiger partial charge in [0, 0.05) is 10.8 Å². The first kappa shape index (κ1) is 8.60. The van der Waals surface area contributed by atoms with Gasteiger partial charge in [0.25, 0.3) is 0 Å². The van der Waals surface area contributed by atoms with Crippen molar-refractivity contribution in [2.45, 2.75) is 6.92 Å². The lowest BCUT2D eigenvalue weighted by atomic mass is 9.95. The molecular weight excluding hydrogens is 183 g/mol. The summed E-state index contributed by atoms with van der Waals surface area (Å²) >= 11 is 0. The molecule has 0 saturated carbocycles. The molecule has 1 nitrogen and oxygen atoms in total. The van der Waals surface area contributed by atoms with Crippen molar-refractivity contribution in [2.75, 3.05) is 0 Å². The molecule has 0 aliphatic carbocycles. The topological polar surface area (TPSA) is 13.1 Å². The first-order valence-electron chi connectivity index (χ1n) is 4.92. The molecule has 2 aromatic carbocycles. The van der Waals surface area contributed by atoms with Crippen LogP contribution in [0.1, 0.15) is 5.56 Å². The minimum absolute atomic E-state index is 0.735. The second kappa shape index (κ2) is 2.90. The lowest BCUT2D eigenvalue weighted by Crippen LogP contribution is -1.98. The van der Waals surface area contributed by atoms with Gasteiger partial charge in [-0.3, -0.25) is 0 Å². The summed E-state index contributed by atoms with van der Waals surface area (Å²) in [5.74, 6) is 0. The van der Waals surface area contributed by atoms with E-state index in [0.29, 0.717) is 0 Å². The van der Waals surface area contributed by atoms with Crippen molar-refractivity contribution in [3.8, 4) is 0 Å². The second-order valence-electron chi connectivity index (χ2n) is 3.86. The van der Waals surface area contributed by atoms with Crippen LogP contribution in [0.15, 0.2) is 40.8 Å². The minimum Gasteiger partial charge on any atom is -0.456 e. The van der Waals surface area contributed by atoms with Crippen molar-refractivity contribution < 1.29 is 4.42 Å². The van der Waals surface area contributed by atoms with Crippen molar-refractivity contribution in [1.29, 1.82) is 0 Å². The van der Waals surface area contributed by atoms with Crippen LogP contribution in [0.25, 0.3) is 21.9 Å². The maximum atomic E-state index is 5.72. The molecular formula is C13H9BO. The molecule has 3 aromatic rings. The average Bonchev–Trinajstić information content (AvgIpc) is 2.54. The Balaban J connectivity index is 2.53. The van der Waals surface area contributed by atoms with Crippen LogP contribution in [0.5, 0.6) is 0 Å². The number of aryl methyl sites for hydroxylation is 1. The van der Waals surface area contributed by atoms with Gasteiger partial charge < -0.3 is 4.42 Å². The molecule has 1 heterocycles. The molecule has 0 fully saturated rings. The molecule has 0 amide bonds. The zero-order chi connectivity index (χ0) is 10.4. The highest BCUT2D eigenvalue weighted by Gasteiger charge is 2.05. The fourth-order valence-electron chi connectivity index (χ4n) is 1.91. The molecule has 0 spiro atoms. The second-order valence-corrected chi connectivity index (χ2v) is 3.86. The van der Waals surface area contributed by atoms with Crippen molar-refractivity contribution >= 4 is 35.2 Å². The van der Waals surface area contributed by atoms with Gasteiger partial charge in [-0.1, -0.05) is 29.2 Å². The Morgan fingerprint density at radius 3 is 2.67 bits per heavy atom. The first-order valence-corrected chi connectivity index (χ1v) is 4.92.